The SMILES string of the molecule is CC(C)C(C)C(=O)N1CCNC(=O)C1(C)C. The van der Waals surface area contributed by atoms with Crippen molar-refractivity contribution in [3.63, 3.8) is 0 Å². The summed E-state index contributed by atoms with van der Waals surface area (Å²) in [7, 11) is 0. The Balaban J connectivity index is 2.86. The van der Waals surface area contributed by atoms with E-state index < -0.39 is 5.54 Å². The molecule has 2 amide bonds. The van der Waals surface area contributed by atoms with E-state index in [4.69, 9.17) is 0 Å². The Bertz CT molecular complexity index is 297. The van der Waals surface area contributed by atoms with Gasteiger partial charge in [-0.2, -0.15) is 0 Å². The summed E-state index contributed by atoms with van der Waals surface area (Å²) in [5.41, 5.74) is -0.724. The van der Waals surface area contributed by atoms with Crippen LogP contribution in [0.2, 0.25) is 0 Å². The number of nitrogens with zero attached hydrogens (tertiary/aromatic N) is 1. The molecule has 0 bridgehead atoms. The van der Waals surface area contributed by atoms with E-state index >= 15 is 0 Å². The average Bonchev–Trinajstić information content (AvgIpc) is 2.19. The molecule has 0 aromatic carbocycles. The summed E-state index contributed by atoms with van der Waals surface area (Å²) in [6.45, 7) is 10.7. The zero-order valence-electron chi connectivity index (χ0n) is 10.8. The number of hydrogen-bond acceptors (Lipinski definition) is 2. The van der Waals surface area contributed by atoms with E-state index in [1.807, 2.05) is 20.8 Å². The molecule has 1 unspecified atom stereocenters. The number of carbonyl (C=O) groups excluding carboxylic acids is 2. The van der Waals surface area contributed by atoms with Crippen molar-refractivity contribution in [2.45, 2.75) is 40.2 Å². The van der Waals surface area contributed by atoms with E-state index in [0.717, 1.165) is 0 Å². The second-order valence-corrected chi connectivity index (χ2v) is 5.34. The molecule has 0 spiro atoms. The predicted molar refractivity (Wildman–Crippen MR) is 62.8 cm³/mol. The second kappa shape index (κ2) is 4.44. The lowest BCUT2D eigenvalue weighted by molar-refractivity contribution is -0.152. The van der Waals surface area contributed by atoms with Crippen LogP contribution in [-0.4, -0.2) is 35.3 Å². The molecule has 16 heavy (non-hydrogen) atoms. The van der Waals surface area contributed by atoms with Crippen LogP contribution in [0.4, 0.5) is 0 Å². The lowest BCUT2D eigenvalue weighted by atomic mass is 9.92. The van der Waals surface area contributed by atoms with Crippen LogP contribution >= 0.6 is 0 Å². The molecule has 92 valence electrons. The van der Waals surface area contributed by atoms with Crippen molar-refractivity contribution < 1.29 is 9.59 Å². The Hall–Kier alpha value is -1.06. The first kappa shape index (κ1) is 13.0. The first-order valence-corrected chi connectivity index (χ1v) is 5.88. The number of amides is 2. The number of piperazine rings is 1. The Labute approximate surface area is 97.4 Å². The minimum atomic E-state index is -0.724. The molecule has 0 radical (unpaired) electrons. The van der Waals surface area contributed by atoms with Gasteiger partial charge < -0.3 is 10.2 Å². The van der Waals surface area contributed by atoms with Gasteiger partial charge in [0.2, 0.25) is 11.8 Å². The largest absolute Gasteiger partial charge is 0.352 e. The van der Waals surface area contributed by atoms with Crippen LogP contribution < -0.4 is 5.32 Å². The van der Waals surface area contributed by atoms with Gasteiger partial charge in [-0.1, -0.05) is 20.8 Å². The maximum atomic E-state index is 12.2. The fraction of sp³-hybridized carbons (Fsp3) is 0.833. The fourth-order valence-electron chi connectivity index (χ4n) is 1.82. The molecule has 1 atom stereocenters. The van der Waals surface area contributed by atoms with Crippen molar-refractivity contribution >= 4 is 11.8 Å². The summed E-state index contributed by atoms with van der Waals surface area (Å²) in [4.78, 5) is 25.7. The number of rotatable bonds is 2. The van der Waals surface area contributed by atoms with Crippen molar-refractivity contribution in [3.05, 3.63) is 0 Å². The second-order valence-electron chi connectivity index (χ2n) is 5.34. The summed E-state index contributed by atoms with van der Waals surface area (Å²) in [5.74, 6) is 0.274. The Morgan fingerprint density at radius 1 is 1.38 bits per heavy atom. The standard InChI is InChI=1S/C12H22N2O2/c1-8(2)9(3)10(15)14-7-6-13-11(16)12(14,4)5/h8-9H,6-7H2,1-5H3,(H,13,16). The molecule has 0 aromatic heterocycles. The van der Waals surface area contributed by atoms with Crippen molar-refractivity contribution in [2.24, 2.45) is 11.8 Å². The third kappa shape index (κ3) is 2.20. The highest BCUT2D eigenvalue weighted by Gasteiger charge is 2.41. The van der Waals surface area contributed by atoms with Gasteiger partial charge in [-0.3, -0.25) is 9.59 Å². The normalized spacial score (nSPS) is 21.9. The lowest BCUT2D eigenvalue weighted by Gasteiger charge is -2.42. The molecule has 0 saturated carbocycles. The molecule has 1 aliphatic rings. The minimum absolute atomic E-state index is 0.0369. The molecule has 4 nitrogen and oxygen atoms in total. The highest BCUT2D eigenvalue weighted by molar-refractivity contribution is 5.92. The van der Waals surface area contributed by atoms with Gasteiger partial charge in [-0.05, 0) is 19.8 Å². The van der Waals surface area contributed by atoms with Gasteiger partial charge in [0.1, 0.15) is 5.54 Å². The van der Waals surface area contributed by atoms with Crippen LogP contribution in [-0.2, 0) is 9.59 Å². The van der Waals surface area contributed by atoms with Crippen molar-refractivity contribution in [2.75, 3.05) is 13.1 Å². The Kier molecular flexibility index (Phi) is 3.61. The number of nitrogens with one attached hydrogen (secondary N) is 1. The van der Waals surface area contributed by atoms with Crippen LogP contribution in [0.3, 0.4) is 0 Å². The van der Waals surface area contributed by atoms with E-state index in [9.17, 15) is 9.59 Å². The summed E-state index contributed by atoms with van der Waals surface area (Å²) in [6.07, 6.45) is 0. The Morgan fingerprint density at radius 2 is 1.94 bits per heavy atom. The molecule has 0 aliphatic carbocycles. The van der Waals surface area contributed by atoms with E-state index in [1.54, 1.807) is 18.7 Å². The molecular weight excluding hydrogens is 204 g/mol. The van der Waals surface area contributed by atoms with Gasteiger partial charge in [-0.25, -0.2) is 0 Å². The smallest absolute Gasteiger partial charge is 0.245 e. The molecule has 1 rings (SSSR count). The third-order valence-electron chi connectivity index (χ3n) is 3.51. The van der Waals surface area contributed by atoms with Crippen LogP contribution in [0.1, 0.15) is 34.6 Å². The first-order valence-electron chi connectivity index (χ1n) is 5.88. The summed E-state index contributed by atoms with van der Waals surface area (Å²) >= 11 is 0. The maximum Gasteiger partial charge on any atom is 0.245 e. The predicted octanol–water partition coefficient (Wildman–Crippen LogP) is 1.02. The molecule has 1 heterocycles. The van der Waals surface area contributed by atoms with E-state index in [2.05, 4.69) is 5.32 Å². The quantitative estimate of drug-likeness (QED) is 0.764. The van der Waals surface area contributed by atoms with Crippen molar-refractivity contribution in [1.82, 2.24) is 10.2 Å². The highest BCUT2D eigenvalue weighted by atomic mass is 16.2. The van der Waals surface area contributed by atoms with Gasteiger partial charge in [0.25, 0.3) is 0 Å². The molecule has 1 saturated heterocycles. The van der Waals surface area contributed by atoms with Crippen LogP contribution in [0, 0.1) is 11.8 Å². The molecule has 0 aromatic rings. The summed E-state index contributed by atoms with van der Waals surface area (Å²) in [5, 5.41) is 2.79. The van der Waals surface area contributed by atoms with Crippen LogP contribution in [0.15, 0.2) is 0 Å². The summed E-state index contributed by atoms with van der Waals surface area (Å²) < 4.78 is 0. The van der Waals surface area contributed by atoms with Crippen LogP contribution in [0.25, 0.3) is 0 Å². The zero-order valence-corrected chi connectivity index (χ0v) is 10.8. The van der Waals surface area contributed by atoms with Gasteiger partial charge in [0, 0.05) is 19.0 Å². The molecule has 1 aliphatic heterocycles. The van der Waals surface area contributed by atoms with E-state index in [-0.39, 0.29) is 17.7 Å². The lowest BCUT2D eigenvalue weighted by Crippen LogP contribution is -2.64. The maximum absolute atomic E-state index is 12.2. The summed E-state index contributed by atoms with van der Waals surface area (Å²) in [6, 6.07) is 0. The van der Waals surface area contributed by atoms with E-state index in [1.165, 1.54) is 0 Å². The molecule has 1 N–H and O–H groups in total. The molecular formula is C12H22N2O2. The van der Waals surface area contributed by atoms with Gasteiger partial charge >= 0.3 is 0 Å². The zero-order chi connectivity index (χ0) is 12.5. The van der Waals surface area contributed by atoms with Gasteiger partial charge in [-0.15, -0.1) is 0 Å². The minimum Gasteiger partial charge on any atom is -0.352 e. The third-order valence-corrected chi connectivity index (χ3v) is 3.51. The average molecular weight is 226 g/mol. The monoisotopic (exact) mass is 226 g/mol. The Morgan fingerprint density at radius 3 is 2.44 bits per heavy atom. The first-order chi connectivity index (χ1) is 7.28. The van der Waals surface area contributed by atoms with Gasteiger partial charge in [0.05, 0.1) is 0 Å². The fourth-order valence-corrected chi connectivity index (χ4v) is 1.82. The van der Waals surface area contributed by atoms with E-state index in [0.29, 0.717) is 19.0 Å². The van der Waals surface area contributed by atoms with Crippen LogP contribution in [0.5, 0.6) is 0 Å². The number of carbonyl (C=O) groups is 2. The number of hydrogen-bond donors (Lipinski definition) is 1. The molecule has 1 fully saturated rings. The highest BCUT2D eigenvalue weighted by Crippen LogP contribution is 2.23. The van der Waals surface area contributed by atoms with Crippen molar-refractivity contribution in [3.8, 4) is 0 Å². The topological polar surface area (TPSA) is 49.4 Å². The van der Waals surface area contributed by atoms with Gasteiger partial charge in [0.15, 0.2) is 0 Å². The molecule has 4 heteroatoms. The van der Waals surface area contributed by atoms with Crippen molar-refractivity contribution in [1.29, 1.82) is 0 Å².